The smallest absolute Gasteiger partial charge is 0.329 e. The molecule has 0 spiro atoms. The van der Waals surface area contributed by atoms with E-state index >= 15 is 0 Å². The molecule has 5 nitrogen and oxygen atoms in total. The zero-order valence-corrected chi connectivity index (χ0v) is 13.5. The van der Waals surface area contributed by atoms with Gasteiger partial charge in [-0.15, -0.1) is 0 Å². The van der Waals surface area contributed by atoms with Gasteiger partial charge in [0.2, 0.25) is 0 Å². The molecule has 1 heterocycles. The van der Waals surface area contributed by atoms with Crippen molar-refractivity contribution < 1.29 is 19.2 Å². The van der Waals surface area contributed by atoms with Crippen LogP contribution in [-0.4, -0.2) is 22.8 Å². The highest BCUT2D eigenvalue weighted by atomic mass is 16.7. The zero-order valence-electron chi connectivity index (χ0n) is 13.5. The molecule has 0 N–H and O–H groups in total. The first-order valence-corrected chi connectivity index (χ1v) is 8.13. The van der Waals surface area contributed by atoms with Crippen LogP contribution in [0.2, 0.25) is 0 Å². The number of imide groups is 1. The number of fused-ring (bicyclic) bond motifs is 1. The molecule has 0 atom stereocenters. The Morgan fingerprint density at radius 3 is 2.09 bits per heavy atom. The summed E-state index contributed by atoms with van der Waals surface area (Å²) in [4.78, 5) is 42.4. The topological polar surface area (TPSA) is 63.7 Å². The summed E-state index contributed by atoms with van der Waals surface area (Å²) >= 11 is 0. The zero-order chi connectivity index (χ0) is 16.6. The van der Waals surface area contributed by atoms with Gasteiger partial charge in [-0.05, 0) is 44.7 Å². The minimum Gasteiger partial charge on any atom is -0.329 e. The van der Waals surface area contributed by atoms with E-state index < -0.39 is 23.2 Å². The average molecular weight is 315 g/mol. The first kappa shape index (κ1) is 15.7. The summed E-state index contributed by atoms with van der Waals surface area (Å²) in [5.41, 5.74) is -0.156. The van der Waals surface area contributed by atoms with Gasteiger partial charge in [0.25, 0.3) is 11.8 Å². The maximum Gasteiger partial charge on any atom is 0.339 e. The van der Waals surface area contributed by atoms with Crippen LogP contribution in [0.25, 0.3) is 0 Å². The molecule has 2 aliphatic rings. The van der Waals surface area contributed by atoms with Gasteiger partial charge in [0.05, 0.1) is 16.5 Å². The fraction of sp³-hybridized carbons (Fsp3) is 0.500. The highest BCUT2D eigenvalue weighted by molar-refractivity contribution is 6.20. The number of hydrogen-bond acceptors (Lipinski definition) is 4. The fourth-order valence-corrected chi connectivity index (χ4v) is 3.44. The van der Waals surface area contributed by atoms with Crippen LogP contribution in [-0.2, 0) is 9.63 Å². The molecule has 122 valence electrons. The van der Waals surface area contributed by atoms with E-state index in [4.69, 9.17) is 4.84 Å². The number of rotatable bonds is 3. The molecule has 0 aromatic heterocycles. The molecule has 2 amide bonds. The first-order valence-electron chi connectivity index (χ1n) is 8.13. The molecule has 0 radical (unpaired) electrons. The second kappa shape index (κ2) is 5.80. The fourth-order valence-electron chi connectivity index (χ4n) is 3.44. The van der Waals surface area contributed by atoms with Gasteiger partial charge in [-0.1, -0.05) is 36.5 Å². The number of hydrogen-bond donors (Lipinski definition) is 0. The quantitative estimate of drug-likeness (QED) is 0.802. The van der Waals surface area contributed by atoms with Crippen LogP contribution in [0.15, 0.2) is 24.3 Å². The van der Waals surface area contributed by atoms with E-state index in [2.05, 4.69) is 0 Å². The van der Waals surface area contributed by atoms with Crippen LogP contribution in [0.1, 0.15) is 66.7 Å². The summed E-state index contributed by atoms with van der Waals surface area (Å²) in [5, 5.41) is 0.609. The van der Waals surface area contributed by atoms with Gasteiger partial charge >= 0.3 is 5.97 Å². The second-order valence-corrected chi connectivity index (χ2v) is 6.89. The van der Waals surface area contributed by atoms with E-state index in [1.54, 1.807) is 24.3 Å². The predicted molar refractivity (Wildman–Crippen MR) is 83.4 cm³/mol. The van der Waals surface area contributed by atoms with E-state index in [1.807, 2.05) is 13.8 Å². The Bertz CT molecular complexity index is 624. The molecule has 5 heteroatoms. The Balaban J connectivity index is 1.76. The van der Waals surface area contributed by atoms with E-state index in [0.717, 1.165) is 25.7 Å². The largest absolute Gasteiger partial charge is 0.339 e. The SMILES string of the molecule is CC(C)(C(=O)ON1C(=O)c2ccccc2C1=O)C1CCCCC1. The van der Waals surface area contributed by atoms with Crippen molar-refractivity contribution in [1.29, 1.82) is 0 Å². The van der Waals surface area contributed by atoms with Crippen molar-refractivity contribution in [3.05, 3.63) is 35.4 Å². The number of carbonyl (C=O) groups is 3. The van der Waals surface area contributed by atoms with Gasteiger partial charge in [-0.25, -0.2) is 4.79 Å². The minimum absolute atomic E-state index is 0.221. The van der Waals surface area contributed by atoms with Crippen LogP contribution in [0, 0.1) is 11.3 Å². The molecule has 3 rings (SSSR count). The molecule has 1 saturated carbocycles. The van der Waals surface area contributed by atoms with E-state index in [-0.39, 0.29) is 17.0 Å². The maximum absolute atomic E-state index is 12.6. The summed E-state index contributed by atoms with van der Waals surface area (Å²) in [6, 6.07) is 6.49. The monoisotopic (exact) mass is 315 g/mol. The van der Waals surface area contributed by atoms with Crippen molar-refractivity contribution in [2.45, 2.75) is 46.0 Å². The Hall–Kier alpha value is -2.17. The van der Waals surface area contributed by atoms with Crippen LogP contribution >= 0.6 is 0 Å². The lowest BCUT2D eigenvalue weighted by Gasteiger charge is -2.35. The van der Waals surface area contributed by atoms with Gasteiger partial charge < -0.3 is 4.84 Å². The summed E-state index contributed by atoms with van der Waals surface area (Å²) in [7, 11) is 0. The molecule has 1 aromatic carbocycles. The number of nitrogens with zero attached hydrogens (tertiary/aromatic N) is 1. The molecule has 0 saturated heterocycles. The normalized spacial score (nSPS) is 19.0. The summed E-state index contributed by atoms with van der Waals surface area (Å²) < 4.78 is 0. The summed E-state index contributed by atoms with van der Waals surface area (Å²) in [6.07, 6.45) is 5.36. The van der Waals surface area contributed by atoms with Crippen LogP contribution in [0.5, 0.6) is 0 Å². The van der Waals surface area contributed by atoms with E-state index in [0.29, 0.717) is 5.06 Å². The molecule has 0 bridgehead atoms. The summed E-state index contributed by atoms with van der Waals surface area (Å²) in [5.74, 6) is -1.44. The Morgan fingerprint density at radius 2 is 1.57 bits per heavy atom. The molecule has 23 heavy (non-hydrogen) atoms. The van der Waals surface area contributed by atoms with Crippen LogP contribution in [0.3, 0.4) is 0 Å². The highest BCUT2D eigenvalue weighted by Crippen LogP contribution is 2.39. The number of hydroxylamine groups is 2. The summed E-state index contributed by atoms with van der Waals surface area (Å²) in [6.45, 7) is 3.67. The average Bonchev–Trinajstić information content (AvgIpc) is 2.81. The van der Waals surface area contributed by atoms with Crippen molar-refractivity contribution in [2.75, 3.05) is 0 Å². The Labute approximate surface area is 135 Å². The Kier molecular flexibility index (Phi) is 3.96. The van der Waals surface area contributed by atoms with E-state index in [1.165, 1.54) is 6.42 Å². The number of benzene rings is 1. The second-order valence-electron chi connectivity index (χ2n) is 6.89. The number of carbonyl (C=O) groups excluding carboxylic acids is 3. The molecule has 1 aromatic rings. The Morgan fingerprint density at radius 1 is 1.04 bits per heavy atom. The number of amides is 2. The van der Waals surface area contributed by atoms with Gasteiger partial charge in [-0.3, -0.25) is 9.59 Å². The lowest BCUT2D eigenvalue weighted by Crippen LogP contribution is -2.42. The molecular formula is C18H21NO4. The minimum atomic E-state index is -0.713. The van der Waals surface area contributed by atoms with Crippen LogP contribution in [0.4, 0.5) is 0 Å². The predicted octanol–water partition coefficient (Wildman–Crippen LogP) is 3.35. The molecule has 1 aliphatic heterocycles. The lowest BCUT2D eigenvalue weighted by molar-refractivity contribution is -0.183. The standard InChI is InChI=1S/C18H21NO4/c1-18(2,12-8-4-3-5-9-12)17(22)23-19-15(20)13-10-6-7-11-14(13)16(19)21/h6-7,10-12H,3-5,8-9H2,1-2H3. The molecule has 1 fully saturated rings. The van der Waals surface area contributed by atoms with Crippen LogP contribution < -0.4 is 0 Å². The van der Waals surface area contributed by atoms with Crippen molar-refractivity contribution in [3.63, 3.8) is 0 Å². The van der Waals surface area contributed by atoms with Crippen molar-refractivity contribution in [1.82, 2.24) is 5.06 Å². The van der Waals surface area contributed by atoms with Gasteiger partial charge in [0, 0.05) is 0 Å². The van der Waals surface area contributed by atoms with Crippen molar-refractivity contribution in [2.24, 2.45) is 11.3 Å². The van der Waals surface area contributed by atoms with Gasteiger partial charge in [0.1, 0.15) is 0 Å². The third-order valence-corrected chi connectivity index (χ3v) is 5.08. The molecule has 1 aliphatic carbocycles. The first-order chi connectivity index (χ1) is 10.9. The van der Waals surface area contributed by atoms with Gasteiger partial charge in [0.15, 0.2) is 0 Å². The molecular weight excluding hydrogens is 294 g/mol. The lowest BCUT2D eigenvalue weighted by atomic mass is 9.71. The molecule has 0 unspecified atom stereocenters. The van der Waals surface area contributed by atoms with Gasteiger partial charge in [-0.2, -0.15) is 0 Å². The highest BCUT2D eigenvalue weighted by Gasteiger charge is 2.44. The third-order valence-electron chi connectivity index (χ3n) is 5.08. The van der Waals surface area contributed by atoms with E-state index in [9.17, 15) is 14.4 Å². The third kappa shape index (κ3) is 2.64. The van der Waals surface area contributed by atoms with Crippen molar-refractivity contribution in [3.8, 4) is 0 Å². The van der Waals surface area contributed by atoms with Crippen molar-refractivity contribution >= 4 is 17.8 Å². The maximum atomic E-state index is 12.6.